The van der Waals surface area contributed by atoms with Gasteiger partial charge in [0.15, 0.2) is 5.69 Å². The van der Waals surface area contributed by atoms with Gasteiger partial charge in [0.1, 0.15) is 0 Å². The predicted octanol–water partition coefficient (Wildman–Crippen LogP) is 2.25. The molecule has 18 heavy (non-hydrogen) atoms. The molecule has 5 nitrogen and oxygen atoms in total. The summed E-state index contributed by atoms with van der Waals surface area (Å²) in [5, 5.41) is 9.84. The number of rotatable bonds is 7. The van der Waals surface area contributed by atoms with Crippen LogP contribution in [-0.2, 0) is 6.42 Å². The molecule has 5 heteroatoms. The number of hydrogen-bond acceptors (Lipinski definition) is 3. The summed E-state index contributed by atoms with van der Waals surface area (Å²) >= 11 is 0. The summed E-state index contributed by atoms with van der Waals surface area (Å²) in [7, 11) is 0. The van der Waals surface area contributed by atoms with Crippen LogP contribution in [0.15, 0.2) is 0 Å². The van der Waals surface area contributed by atoms with Crippen LogP contribution in [0.3, 0.4) is 0 Å². The molecule has 0 bridgehead atoms. The van der Waals surface area contributed by atoms with Gasteiger partial charge in [0, 0.05) is 6.04 Å². The fraction of sp³-hybridized carbons (Fsp3) is 0.692. The van der Waals surface area contributed by atoms with Crippen LogP contribution in [0.1, 0.15) is 62.6 Å². The normalized spacial score (nSPS) is 12.4. The first kappa shape index (κ1) is 14.5. The van der Waals surface area contributed by atoms with Gasteiger partial charge in [-0.2, -0.15) is 5.10 Å². The standard InChI is InChI=1S/C13H24N4O/c1-4-7-9(6-3)15-13(18)12-11(14)10(8-5-2)16-17-12/h9H,4-8,14H2,1-3H3,(H,15,18)(H,16,17). The molecule has 1 atom stereocenters. The Morgan fingerprint density at radius 2 is 2.11 bits per heavy atom. The van der Waals surface area contributed by atoms with Crippen molar-refractivity contribution in [2.24, 2.45) is 0 Å². The number of nitrogens with zero attached hydrogens (tertiary/aromatic N) is 1. The molecule has 4 N–H and O–H groups in total. The maximum atomic E-state index is 12.1. The zero-order valence-electron chi connectivity index (χ0n) is 11.5. The zero-order chi connectivity index (χ0) is 13.5. The van der Waals surface area contributed by atoms with E-state index in [1.807, 2.05) is 0 Å². The van der Waals surface area contributed by atoms with E-state index in [0.717, 1.165) is 37.8 Å². The van der Waals surface area contributed by atoms with E-state index in [-0.39, 0.29) is 11.9 Å². The molecule has 1 amide bonds. The molecular formula is C13H24N4O. The quantitative estimate of drug-likeness (QED) is 0.696. The van der Waals surface area contributed by atoms with Gasteiger partial charge in [0.2, 0.25) is 0 Å². The minimum Gasteiger partial charge on any atom is -0.395 e. The van der Waals surface area contributed by atoms with Crippen molar-refractivity contribution in [3.63, 3.8) is 0 Å². The molecule has 102 valence electrons. The van der Waals surface area contributed by atoms with Crippen molar-refractivity contribution in [1.29, 1.82) is 0 Å². The van der Waals surface area contributed by atoms with Gasteiger partial charge in [-0.15, -0.1) is 0 Å². The molecule has 0 radical (unpaired) electrons. The van der Waals surface area contributed by atoms with Gasteiger partial charge in [0.05, 0.1) is 11.4 Å². The summed E-state index contributed by atoms with van der Waals surface area (Å²) < 4.78 is 0. The second-order valence-electron chi connectivity index (χ2n) is 4.58. The summed E-state index contributed by atoms with van der Waals surface area (Å²) in [6.07, 6.45) is 4.75. The van der Waals surface area contributed by atoms with Crippen molar-refractivity contribution in [1.82, 2.24) is 15.5 Å². The van der Waals surface area contributed by atoms with E-state index in [1.54, 1.807) is 0 Å². The van der Waals surface area contributed by atoms with Crippen LogP contribution in [0.25, 0.3) is 0 Å². The lowest BCUT2D eigenvalue weighted by Crippen LogP contribution is -2.34. The number of carbonyl (C=O) groups is 1. The molecule has 0 fully saturated rings. The number of H-pyrrole nitrogens is 1. The van der Waals surface area contributed by atoms with E-state index in [2.05, 4.69) is 36.3 Å². The third-order valence-electron chi connectivity index (χ3n) is 3.06. The Hall–Kier alpha value is -1.52. The summed E-state index contributed by atoms with van der Waals surface area (Å²) in [6, 6.07) is 0.202. The van der Waals surface area contributed by atoms with Gasteiger partial charge >= 0.3 is 0 Å². The molecule has 0 aliphatic carbocycles. The first-order valence-electron chi connectivity index (χ1n) is 6.77. The molecule has 1 aromatic heterocycles. The largest absolute Gasteiger partial charge is 0.395 e. The van der Waals surface area contributed by atoms with Crippen molar-refractivity contribution in [2.75, 3.05) is 5.73 Å². The number of carbonyl (C=O) groups excluding carboxylic acids is 1. The van der Waals surface area contributed by atoms with Crippen molar-refractivity contribution in [3.8, 4) is 0 Å². The van der Waals surface area contributed by atoms with Gasteiger partial charge in [-0.1, -0.05) is 33.6 Å². The van der Waals surface area contributed by atoms with E-state index in [9.17, 15) is 4.79 Å². The average molecular weight is 252 g/mol. The highest BCUT2D eigenvalue weighted by molar-refractivity contribution is 5.97. The summed E-state index contributed by atoms with van der Waals surface area (Å²) in [4.78, 5) is 12.1. The minimum absolute atomic E-state index is 0.175. The monoisotopic (exact) mass is 252 g/mol. The third kappa shape index (κ3) is 3.48. The van der Waals surface area contributed by atoms with E-state index in [4.69, 9.17) is 5.73 Å². The highest BCUT2D eigenvalue weighted by Crippen LogP contribution is 2.16. The fourth-order valence-electron chi connectivity index (χ4n) is 1.98. The van der Waals surface area contributed by atoms with Crippen molar-refractivity contribution in [2.45, 2.75) is 58.9 Å². The van der Waals surface area contributed by atoms with Gasteiger partial charge < -0.3 is 11.1 Å². The first-order valence-corrected chi connectivity index (χ1v) is 6.77. The molecule has 1 unspecified atom stereocenters. The molecule has 1 heterocycles. The number of hydrogen-bond donors (Lipinski definition) is 3. The van der Waals surface area contributed by atoms with Gasteiger partial charge in [-0.25, -0.2) is 0 Å². The van der Waals surface area contributed by atoms with Crippen LogP contribution in [0.4, 0.5) is 5.69 Å². The van der Waals surface area contributed by atoms with Crippen molar-refractivity contribution in [3.05, 3.63) is 11.4 Å². The molecule has 0 aliphatic heterocycles. The first-order chi connectivity index (χ1) is 8.63. The number of nitrogens with two attached hydrogens (primary N) is 1. The highest BCUT2D eigenvalue weighted by atomic mass is 16.2. The van der Waals surface area contributed by atoms with E-state index in [0.29, 0.717) is 11.4 Å². The smallest absolute Gasteiger partial charge is 0.274 e. The minimum atomic E-state index is -0.175. The summed E-state index contributed by atoms with van der Waals surface area (Å²) in [6.45, 7) is 6.24. The average Bonchev–Trinajstić information content (AvgIpc) is 2.71. The SMILES string of the molecule is CCCc1[nH]nc(C(=O)NC(CC)CCC)c1N. The molecular weight excluding hydrogens is 228 g/mol. The van der Waals surface area contributed by atoms with Crippen LogP contribution < -0.4 is 11.1 Å². The van der Waals surface area contributed by atoms with Crippen LogP contribution in [0.2, 0.25) is 0 Å². The van der Waals surface area contributed by atoms with Crippen LogP contribution in [0, 0.1) is 0 Å². The Morgan fingerprint density at radius 1 is 1.39 bits per heavy atom. The lowest BCUT2D eigenvalue weighted by Gasteiger charge is -2.15. The molecule has 1 rings (SSSR count). The predicted molar refractivity (Wildman–Crippen MR) is 73.4 cm³/mol. The Kier molecular flexibility index (Phi) is 5.68. The summed E-state index contributed by atoms with van der Waals surface area (Å²) in [5.41, 5.74) is 7.59. The molecule has 0 aromatic carbocycles. The number of nitrogen functional groups attached to an aromatic ring is 1. The number of aryl methyl sites for hydroxylation is 1. The molecule has 0 saturated carbocycles. The zero-order valence-corrected chi connectivity index (χ0v) is 11.5. The van der Waals surface area contributed by atoms with E-state index >= 15 is 0 Å². The Balaban J connectivity index is 2.71. The van der Waals surface area contributed by atoms with Gasteiger partial charge in [-0.05, 0) is 19.3 Å². The number of aromatic nitrogens is 2. The Bertz CT molecular complexity index is 386. The van der Waals surface area contributed by atoms with Gasteiger partial charge in [-0.3, -0.25) is 9.89 Å². The molecule has 0 aliphatic rings. The summed E-state index contributed by atoms with van der Waals surface area (Å²) in [5.74, 6) is -0.175. The fourth-order valence-corrected chi connectivity index (χ4v) is 1.98. The maximum Gasteiger partial charge on any atom is 0.274 e. The number of aromatic amines is 1. The number of nitrogens with one attached hydrogen (secondary N) is 2. The Morgan fingerprint density at radius 3 is 2.67 bits per heavy atom. The lowest BCUT2D eigenvalue weighted by atomic mass is 10.1. The van der Waals surface area contributed by atoms with Gasteiger partial charge in [0.25, 0.3) is 5.91 Å². The second-order valence-corrected chi connectivity index (χ2v) is 4.58. The maximum absolute atomic E-state index is 12.1. The van der Waals surface area contributed by atoms with Crippen molar-refractivity contribution < 1.29 is 4.79 Å². The topological polar surface area (TPSA) is 83.8 Å². The number of anilines is 1. The molecule has 0 saturated heterocycles. The Labute approximate surface area is 109 Å². The van der Waals surface area contributed by atoms with E-state index < -0.39 is 0 Å². The molecule has 1 aromatic rings. The van der Waals surface area contributed by atoms with Crippen LogP contribution in [0.5, 0.6) is 0 Å². The second kappa shape index (κ2) is 7.03. The third-order valence-corrected chi connectivity index (χ3v) is 3.06. The number of amides is 1. The van der Waals surface area contributed by atoms with E-state index in [1.165, 1.54) is 0 Å². The highest BCUT2D eigenvalue weighted by Gasteiger charge is 2.18. The van der Waals surface area contributed by atoms with Crippen molar-refractivity contribution >= 4 is 11.6 Å². The van der Waals surface area contributed by atoms with Crippen LogP contribution in [-0.4, -0.2) is 22.1 Å². The molecule has 0 spiro atoms. The van der Waals surface area contributed by atoms with Crippen LogP contribution >= 0.6 is 0 Å². The lowest BCUT2D eigenvalue weighted by molar-refractivity contribution is 0.0929.